The fraction of sp³-hybridized carbons (Fsp3) is 0.512. The summed E-state index contributed by atoms with van der Waals surface area (Å²) in [6.07, 6.45) is 6.65. The van der Waals surface area contributed by atoms with Crippen LogP contribution in [-0.4, -0.2) is 89.1 Å². The Morgan fingerprint density at radius 2 is 1.52 bits per heavy atom. The van der Waals surface area contributed by atoms with Crippen molar-refractivity contribution in [2.24, 2.45) is 24.9 Å². The second-order valence-corrected chi connectivity index (χ2v) is 17.3. The number of aromatic nitrogens is 4. The molecule has 1 atom stereocenters. The number of hydrogen-bond donors (Lipinski definition) is 3. The summed E-state index contributed by atoms with van der Waals surface area (Å²) in [5.41, 5.74) is 7.40. The zero-order valence-corrected chi connectivity index (χ0v) is 33.6. The molecule has 0 spiro atoms. The lowest BCUT2D eigenvalue weighted by Crippen LogP contribution is -2.36. The standard InChI is InChI=1S/C43H52ClN7O5/c1-26(52)22-51-19-12-34-33(24-51)45-38(48(34)3)36(53)21-28-7-5-9-30(37(28)44)29-8-6-10-31(27(29)2)47-40(54)39-46-32-23-50(18-11-35(32)49(39)4)20-17-42-13-15-43(25-42,16-14-42)41(55)56/h5-10,26,52H,11-25H2,1-4H3,(H,47,54)(H,55,56)/t26-,42?,43?/m0/s1. The van der Waals surface area contributed by atoms with Crippen LogP contribution in [0.25, 0.3) is 11.1 Å². The van der Waals surface area contributed by atoms with Crippen molar-refractivity contribution in [2.45, 2.75) is 90.8 Å². The number of aliphatic carboxylic acids is 1. The van der Waals surface area contributed by atoms with E-state index in [1.807, 2.05) is 66.6 Å². The van der Waals surface area contributed by atoms with E-state index in [1.165, 1.54) is 0 Å². The fourth-order valence-corrected chi connectivity index (χ4v) is 10.4. The monoisotopic (exact) mass is 781 g/mol. The number of carbonyl (C=O) groups excluding carboxylic acids is 2. The van der Waals surface area contributed by atoms with Gasteiger partial charge in [-0.25, -0.2) is 9.97 Å². The van der Waals surface area contributed by atoms with Gasteiger partial charge < -0.3 is 24.7 Å². The first-order valence-electron chi connectivity index (χ1n) is 19.9. The molecule has 0 radical (unpaired) electrons. The minimum absolute atomic E-state index is 0.0941. The van der Waals surface area contributed by atoms with E-state index < -0.39 is 17.5 Å². The normalized spacial score (nSPS) is 22.5. The highest BCUT2D eigenvalue weighted by Crippen LogP contribution is 2.63. The molecule has 3 N–H and O–H groups in total. The van der Waals surface area contributed by atoms with Crippen LogP contribution in [0.1, 0.15) is 101 Å². The molecule has 1 amide bonds. The third-order valence-corrected chi connectivity index (χ3v) is 13.8. The Morgan fingerprint density at radius 3 is 2.20 bits per heavy atom. The molecular weight excluding hydrogens is 730 g/mol. The molecule has 2 aromatic carbocycles. The zero-order chi connectivity index (χ0) is 39.5. The van der Waals surface area contributed by atoms with Crippen molar-refractivity contribution in [3.63, 3.8) is 0 Å². The number of nitrogens with one attached hydrogen (secondary N) is 1. The van der Waals surface area contributed by atoms with E-state index in [0.717, 1.165) is 110 Å². The third kappa shape index (κ3) is 6.99. The minimum atomic E-state index is -0.620. The summed E-state index contributed by atoms with van der Waals surface area (Å²) in [4.78, 5) is 53.6. The van der Waals surface area contributed by atoms with Gasteiger partial charge in [0.25, 0.3) is 5.91 Å². The second-order valence-electron chi connectivity index (χ2n) is 17.0. The number of anilines is 1. The summed E-state index contributed by atoms with van der Waals surface area (Å²) in [6.45, 7) is 8.17. The number of nitrogens with zero attached hydrogens (tertiary/aromatic N) is 6. The molecule has 296 valence electrons. The van der Waals surface area contributed by atoms with E-state index in [9.17, 15) is 24.6 Å². The van der Waals surface area contributed by atoms with Gasteiger partial charge in [-0.05, 0) is 87.1 Å². The highest BCUT2D eigenvalue weighted by molar-refractivity contribution is 6.34. The van der Waals surface area contributed by atoms with E-state index in [2.05, 4.69) is 15.1 Å². The van der Waals surface area contributed by atoms with Crippen molar-refractivity contribution in [1.82, 2.24) is 28.9 Å². The number of carboxylic acid groups (broad SMARTS) is 1. The van der Waals surface area contributed by atoms with Crippen molar-refractivity contribution >= 4 is 34.9 Å². The molecule has 13 heteroatoms. The molecule has 0 saturated heterocycles. The van der Waals surface area contributed by atoms with Crippen LogP contribution in [0.3, 0.4) is 0 Å². The summed E-state index contributed by atoms with van der Waals surface area (Å²) in [6, 6.07) is 11.4. The third-order valence-electron chi connectivity index (χ3n) is 13.3. The number of fused-ring (bicyclic) bond motifs is 4. The van der Waals surface area contributed by atoms with Gasteiger partial charge in [0.2, 0.25) is 5.78 Å². The Hall–Kier alpha value is -4.36. The molecule has 2 saturated carbocycles. The molecule has 12 nitrogen and oxygen atoms in total. The van der Waals surface area contributed by atoms with Crippen LogP contribution in [0.2, 0.25) is 5.02 Å². The highest BCUT2D eigenvalue weighted by Gasteiger charge is 2.57. The number of benzene rings is 2. The summed E-state index contributed by atoms with van der Waals surface area (Å²) in [7, 11) is 3.79. The van der Waals surface area contributed by atoms with Crippen LogP contribution in [0.15, 0.2) is 36.4 Å². The van der Waals surface area contributed by atoms with E-state index >= 15 is 0 Å². The number of amides is 1. The van der Waals surface area contributed by atoms with E-state index in [-0.39, 0.29) is 23.5 Å². The first kappa shape index (κ1) is 38.5. The maximum absolute atomic E-state index is 13.8. The molecule has 2 bridgehead atoms. The Labute approximate surface area is 332 Å². The second kappa shape index (κ2) is 14.9. The lowest BCUT2D eigenvalue weighted by atomic mass is 9.80. The van der Waals surface area contributed by atoms with E-state index in [4.69, 9.17) is 21.6 Å². The maximum Gasteiger partial charge on any atom is 0.309 e. The van der Waals surface area contributed by atoms with Crippen LogP contribution < -0.4 is 5.32 Å². The lowest BCUT2D eigenvalue weighted by Gasteiger charge is -2.32. The number of Topliss-reactive ketones (excluding diaryl/α,β-unsaturated/α-hetero) is 1. The van der Waals surface area contributed by atoms with Gasteiger partial charge in [-0.2, -0.15) is 0 Å². The number of halogens is 1. The van der Waals surface area contributed by atoms with Crippen molar-refractivity contribution in [3.8, 4) is 11.1 Å². The number of ketones is 1. The number of imidazole rings is 2. The Morgan fingerprint density at radius 1 is 0.893 bits per heavy atom. The fourth-order valence-electron chi connectivity index (χ4n) is 10.1. The van der Waals surface area contributed by atoms with E-state index in [0.29, 0.717) is 47.6 Å². The molecule has 0 unspecified atom stereocenters. The highest BCUT2D eigenvalue weighted by atomic mass is 35.5. The topological polar surface area (TPSA) is 146 Å². The average molecular weight is 782 g/mol. The number of aliphatic hydroxyl groups excluding tert-OH is 1. The largest absolute Gasteiger partial charge is 0.481 e. The smallest absolute Gasteiger partial charge is 0.309 e. The molecule has 4 aliphatic rings. The maximum atomic E-state index is 13.8. The first-order valence-corrected chi connectivity index (χ1v) is 20.3. The summed E-state index contributed by atoms with van der Waals surface area (Å²) >= 11 is 7.06. The first-order chi connectivity index (χ1) is 26.8. The quantitative estimate of drug-likeness (QED) is 0.148. The molecule has 2 aliphatic heterocycles. The van der Waals surface area contributed by atoms with Crippen molar-refractivity contribution < 1.29 is 24.6 Å². The summed E-state index contributed by atoms with van der Waals surface area (Å²) in [5, 5.41) is 23.3. The molecule has 4 heterocycles. The molecule has 4 aromatic rings. The average Bonchev–Trinajstić information content (AvgIpc) is 3.92. The van der Waals surface area contributed by atoms with Gasteiger partial charge in [-0.15, -0.1) is 0 Å². The molecule has 2 aromatic heterocycles. The number of aliphatic hydroxyl groups is 1. The van der Waals surface area contributed by atoms with Crippen LogP contribution in [0.4, 0.5) is 5.69 Å². The van der Waals surface area contributed by atoms with Gasteiger partial charge >= 0.3 is 5.97 Å². The molecular formula is C43H52ClN7O5. The van der Waals surface area contributed by atoms with E-state index in [1.54, 1.807) is 6.92 Å². The SMILES string of the molecule is Cc1c(NC(=O)c2nc3c(n2C)CCN(CCC24CCC(C(=O)O)(CC2)C4)C3)cccc1-c1cccc(CC(=O)c2nc3c(n2C)CCN(C[C@H](C)O)C3)c1Cl. The van der Waals surface area contributed by atoms with Gasteiger partial charge in [-0.3, -0.25) is 24.2 Å². The van der Waals surface area contributed by atoms with Gasteiger partial charge in [0.05, 0.1) is 27.9 Å². The number of hydrogen-bond acceptors (Lipinski definition) is 8. The molecule has 2 fully saturated rings. The van der Waals surface area contributed by atoms with Crippen molar-refractivity contribution in [3.05, 3.63) is 87.0 Å². The molecule has 56 heavy (non-hydrogen) atoms. The Kier molecular flexibility index (Phi) is 10.2. The number of carboxylic acids is 1. The molecule has 8 rings (SSSR count). The lowest BCUT2D eigenvalue weighted by molar-refractivity contribution is -0.148. The van der Waals surface area contributed by atoms with Crippen molar-refractivity contribution in [2.75, 3.05) is 31.5 Å². The van der Waals surface area contributed by atoms with Crippen LogP contribution >= 0.6 is 11.6 Å². The molecule has 2 aliphatic carbocycles. The predicted molar refractivity (Wildman–Crippen MR) is 214 cm³/mol. The number of carbonyl (C=O) groups is 3. The predicted octanol–water partition coefficient (Wildman–Crippen LogP) is 5.98. The van der Waals surface area contributed by atoms with Crippen LogP contribution in [0.5, 0.6) is 0 Å². The van der Waals surface area contributed by atoms with Gasteiger partial charge in [0.15, 0.2) is 11.6 Å². The van der Waals surface area contributed by atoms with Crippen LogP contribution in [-0.2, 0) is 51.2 Å². The minimum Gasteiger partial charge on any atom is -0.481 e. The number of β-amino-alcohol motifs (C(OH)–C–C–N with tert-alkyl or cyclic N) is 1. The van der Waals surface area contributed by atoms with Gasteiger partial charge in [-0.1, -0.05) is 41.9 Å². The zero-order valence-electron chi connectivity index (χ0n) is 32.8. The Bertz CT molecular complexity index is 2220. The van der Waals surface area contributed by atoms with Gasteiger partial charge in [0.1, 0.15) is 0 Å². The summed E-state index contributed by atoms with van der Waals surface area (Å²) < 4.78 is 3.81. The summed E-state index contributed by atoms with van der Waals surface area (Å²) in [5.74, 6) is -0.248. The number of rotatable bonds is 12. The van der Waals surface area contributed by atoms with Gasteiger partial charge in [0, 0.05) is 88.7 Å². The van der Waals surface area contributed by atoms with Crippen molar-refractivity contribution in [1.29, 1.82) is 0 Å². The Balaban J connectivity index is 0.938. The van der Waals surface area contributed by atoms with Crippen LogP contribution in [0, 0.1) is 17.8 Å².